The normalized spacial score (nSPS) is 14.0. The van der Waals surface area contributed by atoms with Crippen LogP contribution in [0.3, 0.4) is 0 Å². The summed E-state index contributed by atoms with van der Waals surface area (Å²) in [4.78, 5) is 48.7. The van der Waals surface area contributed by atoms with E-state index in [2.05, 4.69) is 118 Å². The van der Waals surface area contributed by atoms with Crippen LogP contribution in [-0.2, 0) is 42.2 Å². The van der Waals surface area contributed by atoms with Crippen molar-refractivity contribution in [2.75, 3.05) is 26.4 Å². The van der Waals surface area contributed by atoms with E-state index in [-0.39, 0.29) is 25.9 Å². The SMILES string of the molecule is CCC/C=C\C/C=C\CCCCCCCC(=O)OCC(COP(=O)(O)OCC(CO)OC(=O)CCCCCCCC/C=C\C/C=C\C/C=C\CCCCC)OC(=O)CCCCCCCC/C=C\C/C=C\C/C=C\CCCCC. The highest BCUT2D eigenvalue weighted by molar-refractivity contribution is 7.47. The summed E-state index contributed by atoms with van der Waals surface area (Å²) in [6.45, 7) is 4.49. The Morgan fingerprint density at radius 1 is 0.359 bits per heavy atom. The number of ether oxygens (including phenoxy) is 3. The zero-order valence-corrected chi connectivity index (χ0v) is 50.5. The Hall–Kier alpha value is -3.60. The van der Waals surface area contributed by atoms with E-state index in [0.717, 1.165) is 148 Å². The molecule has 78 heavy (non-hydrogen) atoms. The Morgan fingerprint density at radius 3 is 1.01 bits per heavy atom. The van der Waals surface area contributed by atoms with Crippen molar-refractivity contribution in [2.24, 2.45) is 0 Å². The molecule has 0 spiro atoms. The van der Waals surface area contributed by atoms with Crippen LogP contribution in [0.15, 0.2) is 97.2 Å². The lowest BCUT2D eigenvalue weighted by Gasteiger charge is -2.21. The summed E-state index contributed by atoms with van der Waals surface area (Å²) < 4.78 is 39.6. The van der Waals surface area contributed by atoms with Gasteiger partial charge in [0, 0.05) is 19.3 Å². The molecule has 0 saturated carbocycles. The number of rotatable bonds is 57. The standard InChI is InChI=1S/C66H113O11P/c1-4-7-10-13-16-19-22-25-27-29-31-33-35-38-41-44-47-50-53-56-65(69)76-62(58-67)60-74-78(71,72)75-61-63(59-73-64(68)55-52-49-46-43-40-37-24-21-18-15-12-9-6-3)77-66(70)57-54-51-48-45-42-39-36-34-32-30-28-26-23-20-17-14-11-8-5-2/h12,15-17,19-21,24-28,31-34,62-63,67H,4-11,13-14,18,22-23,29-30,35-61H2,1-3H3,(H,71,72)/b15-12-,19-16-,20-17-,24-21-,27-25-,28-26-,33-31-,34-32-. The lowest BCUT2D eigenvalue weighted by Crippen LogP contribution is -2.30. The van der Waals surface area contributed by atoms with Crippen LogP contribution in [0, 0.1) is 0 Å². The first-order chi connectivity index (χ1) is 38.2. The van der Waals surface area contributed by atoms with Crippen LogP contribution in [-0.4, -0.2) is 66.5 Å². The van der Waals surface area contributed by atoms with E-state index in [1.165, 1.54) is 57.8 Å². The number of unbranched alkanes of at least 4 members (excludes halogenated alkanes) is 24. The molecular weight excluding hydrogens is 1000 g/mol. The lowest BCUT2D eigenvalue weighted by atomic mass is 10.1. The molecule has 0 aliphatic heterocycles. The number of allylic oxidation sites excluding steroid dienone is 16. The second kappa shape index (κ2) is 59.5. The van der Waals surface area contributed by atoms with E-state index in [0.29, 0.717) is 19.3 Å². The van der Waals surface area contributed by atoms with E-state index in [4.69, 9.17) is 23.3 Å². The van der Waals surface area contributed by atoms with Gasteiger partial charge in [-0.2, -0.15) is 0 Å². The fourth-order valence-corrected chi connectivity index (χ4v) is 8.96. The van der Waals surface area contributed by atoms with Gasteiger partial charge < -0.3 is 24.2 Å². The number of phosphoric ester groups is 1. The minimum atomic E-state index is -4.77. The molecule has 0 heterocycles. The molecule has 0 saturated heterocycles. The molecule has 12 heteroatoms. The van der Waals surface area contributed by atoms with E-state index in [9.17, 15) is 28.9 Å². The topological polar surface area (TPSA) is 155 Å². The van der Waals surface area contributed by atoms with Gasteiger partial charge in [0.25, 0.3) is 0 Å². The quantitative estimate of drug-likeness (QED) is 0.0197. The molecule has 0 aromatic rings. The number of carbonyl (C=O) groups excluding carboxylic acids is 3. The van der Waals surface area contributed by atoms with Crippen molar-refractivity contribution in [1.82, 2.24) is 0 Å². The van der Waals surface area contributed by atoms with Gasteiger partial charge in [-0.05, 0) is 122 Å². The van der Waals surface area contributed by atoms with Crippen molar-refractivity contribution in [1.29, 1.82) is 0 Å². The van der Waals surface area contributed by atoms with Gasteiger partial charge in [-0.3, -0.25) is 23.4 Å². The molecule has 0 bridgehead atoms. The van der Waals surface area contributed by atoms with Crippen molar-refractivity contribution < 1.29 is 52.2 Å². The highest BCUT2D eigenvalue weighted by atomic mass is 31.2. The van der Waals surface area contributed by atoms with Crippen LogP contribution in [0.5, 0.6) is 0 Å². The maximum Gasteiger partial charge on any atom is 0.472 e. The molecule has 11 nitrogen and oxygen atoms in total. The predicted octanol–water partition coefficient (Wildman–Crippen LogP) is 18.8. The lowest BCUT2D eigenvalue weighted by molar-refractivity contribution is -0.161. The molecule has 0 rings (SSSR count). The average molecular weight is 1110 g/mol. The number of phosphoric acid groups is 1. The first-order valence-electron chi connectivity index (χ1n) is 31.1. The predicted molar refractivity (Wildman–Crippen MR) is 325 cm³/mol. The van der Waals surface area contributed by atoms with Crippen LogP contribution in [0.1, 0.15) is 265 Å². The largest absolute Gasteiger partial charge is 0.472 e. The van der Waals surface area contributed by atoms with Gasteiger partial charge in [-0.1, -0.05) is 221 Å². The maximum atomic E-state index is 12.9. The van der Waals surface area contributed by atoms with Crippen LogP contribution in [0.25, 0.3) is 0 Å². The van der Waals surface area contributed by atoms with Crippen molar-refractivity contribution >= 4 is 25.7 Å². The summed E-state index contributed by atoms with van der Waals surface area (Å²) in [5, 5.41) is 9.85. The summed E-state index contributed by atoms with van der Waals surface area (Å²) in [5.74, 6) is -1.51. The zero-order chi connectivity index (χ0) is 56.9. The average Bonchev–Trinajstić information content (AvgIpc) is 3.43. The molecule has 0 aliphatic rings. The second-order valence-corrected chi connectivity index (χ2v) is 22.0. The Bertz CT molecular complexity index is 1680. The number of carbonyl (C=O) groups is 3. The van der Waals surface area contributed by atoms with Crippen LogP contribution in [0.2, 0.25) is 0 Å². The Morgan fingerprint density at radius 2 is 0.654 bits per heavy atom. The van der Waals surface area contributed by atoms with Gasteiger partial charge in [0.05, 0.1) is 19.8 Å². The van der Waals surface area contributed by atoms with E-state index in [1.807, 2.05) is 0 Å². The zero-order valence-electron chi connectivity index (χ0n) is 49.6. The highest BCUT2D eigenvalue weighted by Gasteiger charge is 2.28. The maximum absolute atomic E-state index is 12.9. The fraction of sp³-hybridized carbons (Fsp3) is 0.712. The number of hydrogen-bond acceptors (Lipinski definition) is 10. The van der Waals surface area contributed by atoms with Crippen molar-refractivity contribution in [3.63, 3.8) is 0 Å². The van der Waals surface area contributed by atoms with Crippen molar-refractivity contribution in [2.45, 2.75) is 277 Å². The summed E-state index contributed by atoms with van der Waals surface area (Å²) in [7, 11) is -4.77. The Labute approximate surface area is 476 Å². The molecule has 0 fully saturated rings. The summed E-state index contributed by atoms with van der Waals surface area (Å²) in [6.07, 6.45) is 70.6. The summed E-state index contributed by atoms with van der Waals surface area (Å²) in [5.41, 5.74) is 0. The Kier molecular flexibility index (Phi) is 56.8. The molecule has 3 unspecified atom stereocenters. The summed E-state index contributed by atoms with van der Waals surface area (Å²) >= 11 is 0. The van der Waals surface area contributed by atoms with Gasteiger partial charge >= 0.3 is 25.7 Å². The molecule has 0 aliphatic carbocycles. The first kappa shape index (κ1) is 74.4. The van der Waals surface area contributed by atoms with E-state index in [1.54, 1.807) is 0 Å². The molecule has 448 valence electrons. The van der Waals surface area contributed by atoms with Gasteiger partial charge in [0.1, 0.15) is 12.7 Å². The van der Waals surface area contributed by atoms with Crippen molar-refractivity contribution in [3.05, 3.63) is 97.2 Å². The van der Waals surface area contributed by atoms with Crippen LogP contribution < -0.4 is 0 Å². The molecule has 2 N–H and O–H groups in total. The third-order valence-corrected chi connectivity index (χ3v) is 13.9. The second-order valence-electron chi connectivity index (χ2n) is 20.5. The van der Waals surface area contributed by atoms with E-state index < -0.39 is 57.8 Å². The number of aliphatic hydroxyl groups is 1. The molecule has 3 atom stereocenters. The van der Waals surface area contributed by atoms with Gasteiger partial charge in [0.15, 0.2) is 6.10 Å². The van der Waals surface area contributed by atoms with Crippen LogP contribution >= 0.6 is 7.82 Å². The Balaban J connectivity index is 4.72. The minimum absolute atomic E-state index is 0.145. The van der Waals surface area contributed by atoms with Gasteiger partial charge in [-0.15, -0.1) is 0 Å². The van der Waals surface area contributed by atoms with E-state index >= 15 is 0 Å². The first-order valence-corrected chi connectivity index (χ1v) is 32.6. The number of hydrogen-bond donors (Lipinski definition) is 2. The van der Waals surface area contributed by atoms with Crippen LogP contribution in [0.4, 0.5) is 0 Å². The minimum Gasteiger partial charge on any atom is -0.462 e. The van der Waals surface area contributed by atoms with Crippen molar-refractivity contribution in [3.8, 4) is 0 Å². The van der Waals surface area contributed by atoms with Gasteiger partial charge in [-0.25, -0.2) is 4.57 Å². The molecule has 0 amide bonds. The monoisotopic (exact) mass is 1110 g/mol. The van der Waals surface area contributed by atoms with Gasteiger partial charge in [0.2, 0.25) is 0 Å². The molecule has 0 aromatic carbocycles. The smallest absolute Gasteiger partial charge is 0.462 e. The number of esters is 3. The third-order valence-electron chi connectivity index (χ3n) is 12.9. The fourth-order valence-electron chi connectivity index (χ4n) is 8.17. The third kappa shape index (κ3) is 57.1. The highest BCUT2D eigenvalue weighted by Crippen LogP contribution is 2.43. The molecule has 0 radical (unpaired) electrons. The summed E-state index contributed by atoms with van der Waals surface area (Å²) in [6, 6.07) is 0. The molecular formula is C66H113O11P. The number of aliphatic hydroxyl groups excluding tert-OH is 1. The molecule has 0 aromatic heterocycles.